The summed E-state index contributed by atoms with van der Waals surface area (Å²) in [6.07, 6.45) is 12.2. The molecule has 2 rings (SSSR count). The second-order valence-electron chi connectivity index (χ2n) is 10.3. The number of esters is 1. The number of carbonyl (C=O) groups is 1. The van der Waals surface area contributed by atoms with E-state index in [-0.39, 0.29) is 18.6 Å². The average Bonchev–Trinajstić information content (AvgIpc) is 2.85. The Morgan fingerprint density at radius 1 is 0.771 bits per heavy atom. The fourth-order valence-corrected chi connectivity index (χ4v) is 4.63. The molecule has 0 aliphatic carbocycles. The molecular formula is C31H48NO3+. The Morgan fingerprint density at radius 2 is 1.43 bits per heavy atom. The molecule has 1 atom stereocenters. The van der Waals surface area contributed by atoms with Crippen LogP contribution in [0, 0.1) is 0 Å². The number of carbonyl (C=O) groups excluding carboxylic acids is 1. The predicted molar refractivity (Wildman–Crippen MR) is 146 cm³/mol. The van der Waals surface area contributed by atoms with E-state index in [1.54, 1.807) is 0 Å². The Labute approximate surface area is 214 Å². The Balaban J connectivity index is 1.70. The number of rotatable bonds is 18. The zero-order valence-corrected chi connectivity index (χ0v) is 22.6. The van der Waals surface area contributed by atoms with E-state index in [2.05, 4.69) is 52.2 Å². The molecule has 0 spiro atoms. The van der Waals surface area contributed by atoms with Crippen LogP contribution in [0.25, 0.3) is 0 Å². The van der Waals surface area contributed by atoms with Crippen molar-refractivity contribution in [1.82, 2.24) is 0 Å². The minimum absolute atomic E-state index is 0.138. The van der Waals surface area contributed by atoms with Crippen LogP contribution >= 0.6 is 0 Å². The van der Waals surface area contributed by atoms with Crippen molar-refractivity contribution < 1.29 is 18.8 Å². The van der Waals surface area contributed by atoms with Gasteiger partial charge in [0.25, 0.3) is 0 Å². The molecule has 1 unspecified atom stereocenters. The van der Waals surface area contributed by atoms with E-state index in [0.29, 0.717) is 11.1 Å². The Hall–Kier alpha value is -2.33. The summed E-state index contributed by atoms with van der Waals surface area (Å²) in [6.45, 7) is 5.81. The molecule has 0 saturated carbocycles. The van der Waals surface area contributed by atoms with E-state index in [0.717, 1.165) is 31.6 Å². The van der Waals surface area contributed by atoms with Crippen LogP contribution in [0.3, 0.4) is 0 Å². The smallest absolute Gasteiger partial charge is 0.365 e. The molecule has 0 radical (unpaired) electrons. The highest BCUT2D eigenvalue weighted by Gasteiger charge is 2.35. The summed E-state index contributed by atoms with van der Waals surface area (Å²) in [5.41, 5.74) is 2.59. The Kier molecular flexibility index (Phi) is 13.5. The predicted octanol–water partition coefficient (Wildman–Crippen LogP) is 7.35. The van der Waals surface area contributed by atoms with Crippen LogP contribution in [0.15, 0.2) is 54.6 Å². The number of hydrogen-bond acceptors (Lipinski definition) is 3. The molecule has 0 saturated heterocycles. The first kappa shape index (κ1) is 28.9. The molecule has 35 heavy (non-hydrogen) atoms. The molecule has 4 heteroatoms. The van der Waals surface area contributed by atoms with Crippen molar-refractivity contribution in [2.45, 2.75) is 90.6 Å². The van der Waals surface area contributed by atoms with Gasteiger partial charge in [0.1, 0.15) is 25.5 Å². The maximum Gasteiger partial charge on any atom is 0.365 e. The number of quaternary nitrogens is 1. The molecule has 4 nitrogen and oxygen atoms in total. The lowest BCUT2D eigenvalue weighted by Gasteiger charge is -2.36. The minimum atomic E-state index is -0.189. The van der Waals surface area contributed by atoms with Gasteiger partial charge in [0, 0.05) is 12.0 Å². The van der Waals surface area contributed by atoms with Crippen LogP contribution in [0.2, 0.25) is 0 Å². The molecule has 0 bridgehead atoms. The Morgan fingerprint density at radius 3 is 2.09 bits per heavy atom. The third kappa shape index (κ3) is 11.3. The monoisotopic (exact) mass is 482 g/mol. The van der Waals surface area contributed by atoms with Crippen LogP contribution in [-0.2, 0) is 22.5 Å². The van der Waals surface area contributed by atoms with Crippen LogP contribution in [0.1, 0.15) is 82.8 Å². The van der Waals surface area contributed by atoms with Crippen molar-refractivity contribution in [1.29, 1.82) is 0 Å². The quantitative estimate of drug-likeness (QED) is 0.127. The average molecular weight is 483 g/mol. The van der Waals surface area contributed by atoms with Crippen molar-refractivity contribution in [2.24, 2.45) is 0 Å². The van der Waals surface area contributed by atoms with Crippen molar-refractivity contribution in [3.8, 4) is 5.75 Å². The number of hydrogen-bond donors (Lipinski definition) is 0. The third-order valence-electron chi connectivity index (χ3n) is 6.70. The highest BCUT2D eigenvalue weighted by Crippen LogP contribution is 2.20. The maximum absolute atomic E-state index is 12.9. The van der Waals surface area contributed by atoms with Crippen LogP contribution < -0.4 is 4.74 Å². The zero-order chi connectivity index (χ0) is 25.4. The van der Waals surface area contributed by atoms with Gasteiger partial charge < -0.3 is 14.0 Å². The van der Waals surface area contributed by atoms with Crippen molar-refractivity contribution in [3.05, 3.63) is 65.7 Å². The number of likely N-dealkylation sites (N-methyl/N-ethyl adjacent to an activating group) is 1. The van der Waals surface area contributed by atoms with E-state index in [9.17, 15) is 4.79 Å². The first-order valence-corrected chi connectivity index (χ1v) is 13.7. The third-order valence-corrected chi connectivity index (χ3v) is 6.70. The van der Waals surface area contributed by atoms with E-state index in [4.69, 9.17) is 9.47 Å². The molecule has 0 aromatic heterocycles. The summed E-state index contributed by atoms with van der Waals surface area (Å²) in [7, 11) is 4.22. The van der Waals surface area contributed by atoms with Gasteiger partial charge in [0.2, 0.25) is 0 Å². The lowest BCUT2D eigenvalue weighted by molar-refractivity contribution is -0.920. The van der Waals surface area contributed by atoms with Gasteiger partial charge in [-0.1, -0.05) is 94.8 Å². The fourth-order valence-electron chi connectivity index (χ4n) is 4.63. The van der Waals surface area contributed by atoms with Gasteiger partial charge in [-0.3, -0.25) is 0 Å². The molecule has 0 amide bonds. The molecule has 0 heterocycles. The van der Waals surface area contributed by atoms with Gasteiger partial charge in [0.05, 0.1) is 14.1 Å². The summed E-state index contributed by atoms with van der Waals surface area (Å²) in [5.74, 6) is 0.691. The molecular weight excluding hydrogens is 434 g/mol. The maximum atomic E-state index is 12.9. The number of unbranched alkanes of at least 4 members (excludes halogenated alkanes) is 6. The molecule has 2 aromatic rings. The summed E-state index contributed by atoms with van der Waals surface area (Å²) in [6, 6.07) is 18.5. The van der Waals surface area contributed by atoms with Crippen LogP contribution in [0.5, 0.6) is 5.75 Å². The topological polar surface area (TPSA) is 35.5 Å². The number of nitrogens with zero attached hydrogens (tertiary/aromatic N) is 1. The molecule has 0 aliphatic heterocycles. The van der Waals surface area contributed by atoms with Crippen LogP contribution in [0.4, 0.5) is 0 Å². The molecule has 0 aliphatic rings. The fraction of sp³-hybridized carbons (Fsp3) is 0.581. The van der Waals surface area contributed by atoms with E-state index in [1.165, 1.54) is 56.1 Å². The second-order valence-corrected chi connectivity index (χ2v) is 10.3. The van der Waals surface area contributed by atoms with Gasteiger partial charge >= 0.3 is 5.97 Å². The van der Waals surface area contributed by atoms with Gasteiger partial charge in [-0.25, -0.2) is 4.79 Å². The van der Waals surface area contributed by atoms with Gasteiger partial charge in [-0.15, -0.1) is 0 Å². The summed E-state index contributed by atoms with van der Waals surface area (Å²) in [4.78, 5) is 12.9. The molecule has 2 aromatic carbocycles. The highest BCUT2D eigenvalue weighted by molar-refractivity contribution is 5.74. The minimum Gasteiger partial charge on any atom is -0.490 e. The summed E-state index contributed by atoms with van der Waals surface area (Å²) in [5, 5.41) is 0. The van der Waals surface area contributed by atoms with Crippen LogP contribution in [-0.4, -0.2) is 43.8 Å². The van der Waals surface area contributed by atoms with E-state index >= 15 is 0 Å². The second kappa shape index (κ2) is 16.4. The lowest BCUT2D eigenvalue weighted by atomic mass is 10.0. The zero-order valence-electron chi connectivity index (χ0n) is 22.6. The number of ether oxygens (including phenoxy) is 2. The normalized spacial score (nSPS) is 12.3. The van der Waals surface area contributed by atoms with Gasteiger partial charge in [-0.05, 0) is 37.0 Å². The van der Waals surface area contributed by atoms with Crippen molar-refractivity contribution in [2.75, 3.05) is 27.3 Å². The van der Waals surface area contributed by atoms with Crippen molar-refractivity contribution in [3.63, 3.8) is 0 Å². The van der Waals surface area contributed by atoms with E-state index < -0.39 is 0 Å². The standard InChI is InChI=1S/C31H48NO3/c1-5-7-8-9-10-11-13-17-27-20-22-29(23-21-27)34-24-25-35-31(33)30(16-6-2)32(3,4)26-28-18-14-12-15-19-28/h12,14-15,18-23,30H,5-11,13,16-17,24-26H2,1-4H3/q+1. The SMILES string of the molecule is CCCCCCCCCc1ccc(OCCOC(=O)C(CCC)[N+](C)(C)Cc2ccccc2)cc1. The Bertz CT molecular complexity index is 817. The summed E-state index contributed by atoms with van der Waals surface area (Å²) < 4.78 is 12.1. The van der Waals surface area contributed by atoms with Crippen molar-refractivity contribution >= 4 is 5.97 Å². The first-order chi connectivity index (χ1) is 17.0. The van der Waals surface area contributed by atoms with E-state index in [1.807, 2.05) is 30.3 Å². The lowest BCUT2D eigenvalue weighted by Crippen LogP contribution is -2.53. The first-order valence-electron chi connectivity index (χ1n) is 13.7. The summed E-state index contributed by atoms with van der Waals surface area (Å²) >= 11 is 0. The molecule has 0 N–H and O–H groups in total. The molecule has 0 fully saturated rings. The molecule has 194 valence electrons. The van der Waals surface area contributed by atoms with Gasteiger partial charge in [0.15, 0.2) is 6.04 Å². The number of aryl methyl sites for hydroxylation is 1. The largest absolute Gasteiger partial charge is 0.490 e. The highest BCUT2D eigenvalue weighted by atomic mass is 16.6. The van der Waals surface area contributed by atoms with Gasteiger partial charge in [-0.2, -0.15) is 0 Å². The number of benzene rings is 2.